The van der Waals surface area contributed by atoms with E-state index in [2.05, 4.69) is 10.3 Å². The van der Waals surface area contributed by atoms with Gasteiger partial charge in [-0.15, -0.1) is 11.3 Å². The number of nitrogens with zero attached hydrogens (tertiary/aromatic N) is 1. The zero-order valence-corrected chi connectivity index (χ0v) is 10.0. The smallest absolute Gasteiger partial charge is 0.271 e. The van der Waals surface area contributed by atoms with Crippen molar-refractivity contribution in [2.45, 2.75) is 13.0 Å². The van der Waals surface area contributed by atoms with E-state index in [0.29, 0.717) is 16.5 Å². The number of nitrogens with one attached hydrogen (secondary N) is 1. The standard InChI is InChI=1S/C11H12N2O3S/c1-7(5-14)12-10(15)8-6-17-11(13-8)9-3-2-4-16-9/h2-4,6-7,14H,5H2,1H3,(H,12,15)/t7-/m0/s1. The molecule has 0 fully saturated rings. The Morgan fingerprint density at radius 3 is 3.18 bits per heavy atom. The molecule has 0 saturated heterocycles. The Kier molecular flexibility index (Phi) is 3.55. The molecule has 0 bridgehead atoms. The molecule has 1 amide bonds. The second-order valence-electron chi connectivity index (χ2n) is 3.57. The molecule has 0 aliphatic rings. The first-order valence-corrected chi connectivity index (χ1v) is 6.00. The molecule has 0 aliphatic carbocycles. The maximum absolute atomic E-state index is 11.7. The quantitative estimate of drug-likeness (QED) is 0.865. The van der Waals surface area contributed by atoms with E-state index in [1.165, 1.54) is 11.3 Å². The summed E-state index contributed by atoms with van der Waals surface area (Å²) in [5.41, 5.74) is 0.335. The molecule has 2 heterocycles. The van der Waals surface area contributed by atoms with Crippen LogP contribution in [0.5, 0.6) is 0 Å². The molecule has 17 heavy (non-hydrogen) atoms. The predicted molar refractivity (Wildman–Crippen MR) is 63.8 cm³/mol. The van der Waals surface area contributed by atoms with Gasteiger partial charge in [-0.05, 0) is 19.1 Å². The fourth-order valence-electron chi connectivity index (χ4n) is 1.23. The summed E-state index contributed by atoms with van der Waals surface area (Å²) < 4.78 is 5.19. The fraction of sp³-hybridized carbons (Fsp3) is 0.273. The van der Waals surface area contributed by atoms with Crippen LogP contribution in [0.15, 0.2) is 28.2 Å². The van der Waals surface area contributed by atoms with E-state index in [0.717, 1.165) is 0 Å². The van der Waals surface area contributed by atoms with Crippen LogP contribution in [0.4, 0.5) is 0 Å². The van der Waals surface area contributed by atoms with E-state index < -0.39 is 0 Å². The number of amides is 1. The largest absolute Gasteiger partial charge is 0.462 e. The van der Waals surface area contributed by atoms with Crippen molar-refractivity contribution in [2.24, 2.45) is 0 Å². The second-order valence-corrected chi connectivity index (χ2v) is 4.43. The summed E-state index contributed by atoms with van der Waals surface area (Å²) in [6.07, 6.45) is 1.56. The zero-order valence-electron chi connectivity index (χ0n) is 9.21. The number of furan rings is 1. The molecule has 0 unspecified atom stereocenters. The SMILES string of the molecule is C[C@@H](CO)NC(=O)c1csc(-c2ccco2)n1. The van der Waals surface area contributed by atoms with E-state index >= 15 is 0 Å². The second kappa shape index (κ2) is 5.11. The molecule has 0 aliphatic heterocycles. The van der Waals surface area contributed by atoms with Gasteiger partial charge in [-0.3, -0.25) is 4.79 Å². The molecule has 0 aromatic carbocycles. The topological polar surface area (TPSA) is 75.4 Å². The normalized spacial score (nSPS) is 12.4. The monoisotopic (exact) mass is 252 g/mol. The zero-order chi connectivity index (χ0) is 12.3. The number of thiazole rings is 1. The van der Waals surface area contributed by atoms with Crippen molar-refractivity contribution in [3.8, 4) is 10.8 Å². The molecule has 1 atom stereocenters. The third-order valence-corrected chi connectivity index (χ3v) is 2.98. The van der Waals surface area contributed by atoms with Gasteiger partial charge in [-0.25, -0.2) is 4.98 Å². The van der Waals surface area contributed by atoms with Gasteiger partial charge in [0.05, 0.1) is 12.9 Å². The number of aromatic nitrogens is 1. The highest BCUT2D eigenvalue weighted by Gasteiger charge is 2.14. The molecule has 2 aromatic rings. The van der Waals surface area contributed by atoms with E-state index in [4.69, 9.17) is 9.52 Å². The number of carbonyl (C=O) groups is 1. The number of aliphatic hydroxyl groups is 1. The first-order chi connectivity index (χ1) is 8.20. The summed E-state index contributed by atoms with van der Waals surface area (Å²) in [5.74, 6) is 0.352. The summed E-state index contributed by atoms with van der Waals surface area (Å²) in [6, 6.07) is 3.28. The summed E-state index contributed by atoms with van der Waals surface area (Å²) in [6.45, 7) is 1.62. The van der Waals surface area contributed by atoms with Crippen LogP contribution in [0, 0.1) is 0 Å². The predicted octanol–water partition coefficient (Wildman–Crippen LogP) is 1.51. The van der Waals surface area contributed by atoms with Crippen molar-refractivity contribution in [1.82, 2.24) is 10.3 Å². The van der Waals surface area contributed by atoms with Crippen molar-refractivity contribution < 1.29 is 14.3 Å². The third kappa shape index (κ3) is 2.72. The first kappa shape index (κ1) is 11.8. The lowest BCUT2D eigenvalue weighted by atomic mass is 10.3. The number of aliphatic hydroxyl groups excluding tert-OH is 1. The Morgan fingerprint density at radius 1 is 1.71 bits per heavy atom. The molecular formula is C11H12N2O3S. The minimum Gasteiger partial charge on any atom is -0.462 e. The summed E-state index contributed by atoms with van der Waals surface area (Å²) >= 11 is 1.34. The fourth-order valence-corrected chi connectivity index (χ4v) is 2.00. The summed E-state index contributed by atoms with van der Waals surface area (Å²) in [7, 11) is 0. The van der Waals surface area contributed by atoms with Crippen molar-refractivity contribution in [1.29, 1.82) is 0 Å². The highest BCUT2D eigenvalue weighted by atomic mass is 32.1. The van der Waals surface area contributed by atoms with E-state index in [9.17, 15) is 4.79 Å². The molecule has 0 saturated carbocycles. The average molecular weight is 252 g/mol. The minimum absolute atomic E-state index is 0.0963. The number of carbonyl (C=O) groups excluding carboxylic acids is 1. The third-order valence-electron chi connectivity index (χ3n) is 2.12. The van der Waals surface area contributed by atoms with Crippen molar-refractivity contribution in [3.05, 3.63) is 29.5 Å². The van der Waals surface area contributed by atoms with Gasteiger partial charge in [0.1, 0.15) is 5.69 Å². The van der Waals surface area contributed by atoms with Crippen LogP contribution in [0.1, 0.15) is 17.4 Å². The molecule has 2 aromatic heterocycles. The van der Waals surface area contributed by atoms with Crippen molar-refractivity contribution in [2.75, 3.05) is 6.61 Å². The molecule has 2 rings (SSSR count). The minimum atomic E-state index is -0.291. The summed E-state index contributed by atoms with van der Waals surface area (Å²) in [5, 5.41) is 13.8. The van der Waals surface area contributed by atoms with Gasteiger partial charge < -0.3 is 14.8 Å². The molecule has 90 valence electrons. The molecule has 6 heteroatoms. The van der Waals surface area contributed by atoms with Crippen molar-refractivity contribution >= 4 is 17.2 Å². The molecule has 5 nitrogen and oxygen atoms in total. The van der Waals surface area contributed by atoms with Crippen LogP contribution < -0.4 is 5.32 Å². The van der Waals surface area contributed by atoms with Crippen molar-refractivity contribution in [3.63, 3.8) is 0 Å². The maximum atomic E-state index is 11.7. The average Bonchev–Trinajstić information content (AvgIpc) is 2.98. The van der Waals surface area contributed by atoms with Crippen LogP contribution in [-0.4, -0.2) is 28.6 Å². The molecule has 0 spiro atoms. The lowest BCUT2D eigenvalue weighted by Gasteiger charge is -2.08. The van der Waals surface area contributed by atoms with Crippen LogP contribution in [-0.2, 0) is 0 Å². The van der Waals surface area contributed by atoms with Crippen LogP contribution in [0.2, 0.25) is 0 Å². The number of hydrogen-bond acceptors (Lipinski definition) is 5. The Balaban J connectivity index is 2.11. The van der Waals surface area contributed by atoms with Crippen LogP contribution in [0.3, 0.4) is 0 Å². The number of rotatable bonds is 4. The van der Waals surface area contributed by atoms with E-state index in [1.54, 1.807) is 30.7 Å². The van der Waals surface area contributed by atoms with Gasteiger partial charge in [-0.1, -0.05) is 0 Å². The van der Waals surface area contributed by atoms with Gasteiger partial charge >= 0.3 is 0 Å². The van der Waals surface area contributed by atoms with E-state index in [-0.39, 0.29) is 18.6 Å². The van der Waals surface area contributed by atoms with Gasteiger partial charge in [-0.2, -0.15) is 0 Å². The van der Waals surface area contributed by atoms with Crippen LogP contribution >= 0.6 is 11.3 Å². The lowest BCUT2D eigenvalue weighted by molar-refractivity contribution is 0.0918. The van der Waals surface area contributed by atoms with Gasteiger partial charge in [0, 0.05) is 11.4 Å². The van der Waals surface area contributed by atoms with Crippen LogP contribution in [0.25, 0.3) is 10.8 Å². The Morgan fingerprint density at radius 2 is 2.53 bits per heavy atom. The lowest BCUT2D eigenvalue weighted by Crippen LogP contribution is -2.35. The first-order valence-electron chi connectivity index (χ1n) is 5.12. The Hall–Kier alpha value is -1.66. The van der Waals surface area contributed by atoms with Gasteiger partial charge in [0.15, 0.2) is 10.8 Å². The highest BCUT2D eigenvalue weighted by Crippen LogP contribution is 2.23. The van der Waals surface area contributed by atoms with Gasteiger partial charge in [0.2, 0.25) is 0 Å². The number of hydrogen-bond donors (Lipinski definition) is 2. The summed E-state index contributed by atoms with van der Waals surface area (Å²) in [4.78, 5) is 15.9. The maximum Gasteiger partial charge on any atom is 0.271 e. The molecule has 0 radical (unpaired) electrons. The Bertz CT molecular complexity index is 493. The molecule has 2 N–H and O–H groups in total. The van der Waals surface area contributed by atoms with Gasteiger partial charge in [0.25, 0.3) is 5.91 Å². The van der Waals surface area contributed by atoms with E-state index in [1.807, 2.05) is 0 Å². The molecular weight excluding hydrogens is 240 g/mol. The highest BCUT2D eigenvalue weighted by molar-refractivity contribution is 7.13. The Labute approximate surface area is 102 Å².